The third-order valence-electron chi connectivity index (χ3n) is 2.82. The van der Waals surface area contributed by atoms with Gasteiger partial charge in [-0.05, 0) is 36.6 Å². The average molecular weight is 311 g/mol. The van der Waals surface area contributed by atoms with Gasteiger partial charge in [0.2, 0.25) is 0 Å². The molecule has 2 nitrogen and oxygen atoms in total. The molecule has 0 bridgehead atoms. The van der Waals surface area contributed by atoms with E-state index in [-0.39, 0.29) is 5.69 Å². The van der Waals surface area contributed by atoms with E-state index in [4.69, 9.17) is 0 Å². The summed E-state index contributed by atoms with van der Waals surface area (Å²) in [5, 5.41) is 2.32. The van der Waals surface area contributed by atoms with E-state index in [2.05, 4.69) is 5.32 Å². The first-order valence-corrected chi connectivity index (χ1v) is 7.26. The zero-order valence-corrected chi connectivity index (χ0v) is 11.9. The molecule has 0 atom stereocenters. The van der Waals surface area contributed by atoms with Gasteiger partial charge in [0.25, 0.3) is 5.91 Å². The second-order valence-corrected chi connectivity index (χ2v) is 5.11. The normalized spacial score (nSPS) is 11.2. The van der Waals surface area contributed by atoms with Gasteiger partial charge in [-0.2, -0.15) is 13.2 Å². The predicted molar refractivity (Wildman–Crippen MR) is 77.6 cm³/mol. The van der Waals surface area contributed by atoms with Crippen molar-refractivity contribution >= 4 is 23.4 Å². The van der Waals surface area contributed by atoms with Crippen molar-refractivity contribution in [2.45, 2.75) is 11.1 Å². The molecule has 1 N–H and O–H groups in total. The van der Waals surface area contributed by atoms with Gasteiger partial charge >= 0.3 is 6.18 Å². The third-order valence-corrected chi connectivity index (χ3v) is 3.54. The number of rotatable bonds is 3. The van der Waals surface area contributed by atoms with Crippen molar-refractivity contribution in [1.29, 1.82) is 0 Å². The molecule has 6 heteroatoms. The van der Waals surface area contributed by atoms with Crippen molar-refractivity contribution in [2.75, 3.05) is 11.6 Å². The van der Waals surface area contributed by atoms with Gasteiger partial charge < -0.3 is 5.32 Å². The van der Waals surface area contributed by atoms with E-state index >= 15 is 0 Å². The molecule has 0 aliphatic rings. The second kappa shape index (κ2) is 6.22. The minimum atomic E-state index is -4.52. The van der Waals surface area contributed by atoms with Crippen LogP contribution in [0.4, 0.5) is 18.9 Å². The van der Waals surface area contributed by atoms with Crippen LogP contribution in [0.2, 0.25) is 0 Å². The van der Waals surface area contributed by atoms with Crippen molar-refractivity contribution in [3.63, 3.8) is 0 Å². The summed E-state index contributed by atoms with van der Waals surface area (Å²) in [6, 6.07) is 12.0. The van der Waals surface area contributed by atoms with E-state index in [9.17, 15) is 18.0 Å². The number of halogens is 3. The Kier molecular flexibility index (Phi) is 4.57. The van der Waals surface area contributed by atoms with E-state index < -0.39 is 17.6 Å². The van der Waals surface area contributed by atoms with Gasteiger partial charge in [0.15, 0.2) is 0 Å². The van der Waals surface area contributed by atoms with Crippen LogP contribution in [-0.2, 0) is 6.18 Å². The van der Waals surface area contributed by atoms with Crippen LogP contribution in [0.3, 0.4) is 0 Å². The summed E-state index contributed by atoms with van der Waals surface area (Å²) >= 11 is 1.21. The number of thioether (sulfide) groups is 1. The topological polar surface area (TPSA) is 29.1 Å². The number of carbonyl (C=O) groups is 1. The van der Waals surface area contributed by atoms with E-state index in [0.29, 0.717) is 10.5 Å². The summed E-state index contributed by atoms with van der Waals surface area (Å²) in [5.74, 6) is -0.571. The number of nitrogens with one attached hydrogen (secondary N) is 1. The van der Waals surface area contributed by atoms with Crippen LogP contribution in [0.15, 0.2) is 53.4 Å². The summed E-state index contributed by atoms with van der Waals surface area (Å²) in [6.07, 6.45) is -2.83. The minimum absolute atomic E-state index is 0.242. The number of anilines is 1. The average Bonchev–Trinajstić information content (AvgIpc) is 2.47. The summed E-state index contributed by atoms with van der Waals surface area (Å²) in [5.41, 5.74) is -0.785. The molecule has 110 valence electrons. The summed E-state index contributed by atoms with van der Waals surface area (Å²) < 4.78 is 39.2. The summed E-state index contributed by atoms with van der Waals surface area (Å²) in [4.78, 5) is 12.5. The van der Waals surface area contributed by atoms with E-state index in [0.717, 1.165) is 6.07 Å². The molecule has 0 radical (unpaired) electrons. The zero-order chi connectivity index (χ0) is 15.5. The lowest BCUT2D eigenvalue weighted by Crippen LogP contribution is -2.16. The minimum Gasteiger partial charge on any atom is -0.321 e. The fraction of sp³-hybridized carbons (Fsp3) is 0.133. The summed E-state index contributed by atoms with van der Waals surface area (Å²) in [7, 11) is 0. The molecule has 0 saturated heterocycles. The van der Waals surface area contributed by atoms with Crippen LogP contribution in [-0.4, -0.2) is 12.2 Å². The number of hydrogen-bond donors (Lipinski definition) is 1. The number of benzene rings is 2. The first kappa shape index (κ1) is 15.4. The van der Waals surface area contributed by atoms with E-state index in [1.165, 1.54) is 17.8 Å². The van der Waals surface area contributed by atoms with Gasteiger partial charge in [0.05, 0.1) is 11.3 Å². The number of alkyl halides is 3. The third kappa shape index (κ3) is 3.78. The predicted octanol–water partition coefficient (Wildman–Crippen LogP) is 4.68. The van der Waals surface area contributed by atoms with Gasteiger partial charge in [-0.15, -0.1) is 11.8 Å². The largest absolute Gasteiger partial charge is 0.418 e. The van der Waals surface area contributed by atoms with Gasteiger partial charge in [0, 0.05) is 10.5 Å². The highest BCUT2D eigenvalue weighted by atomic mass is 32.2. The monoisotopic (exact) mass is 311 g/mol. The highest BCUT2D eigenvalue weighted by molar-refractivity contribution is 7.98. The second-order valence-electron chi connectivity index (χ2n) is 4.23. The van der Waals surface area contributed by atoms with E-state index in [1.807, 2.05) is 0 Å². The quantitative estimate of drug-likeness (QED) is 0.834. The van der Waals surface area contributed by atoms with Crippen LogP contribution in [0.1, 0.15) is 15.9 Å². The number of carbonyl (C=O) groups excluding carboxylic acids is 1. The smallest absolute Gasteiger partial charge is 0.321 e. The molecule has 2 aromatic rings. The lowest BCUT2D eigenvalue weighted by molar-refractivity contribution is -0.137. The lowest BCUT2D eigenvalue weighted by Gasteiger charge is -2.15. The molecule has 0 fully saturated rings. The Hall–Kier alpha value is -1.95. The molecule has 2 rings (SSSR count). The van der Waals surface area contributed by atoms with Gasteiger partial charge in [0.1, 0.15) is 0 Å². The van der Waals surface area contributed by atoms with Crippen molar-refractivity contribution in [3.05, 3.63) is 59.7 Å². The molecule has 0 unspecified atom stereocenters. The highest BCUT2D eigenvalue weighted by Gasteiger charge is 2.34. The molecule has 0 aromatic heterocycles. The molecule has 1 amide bonds. The van der Waals surface area contributed by atoms with Crippen molar-refractivity contribution in [1.82, 2.24) is 0 Å². The molecule has 0 heterocycles. The van der Waals surface area contributed by atoms with Crippen LogP contribution < -0.4 is 5.32 Å². The van der Waals surface area contributed by atoms with Gasteiger partial charge in [-0.25, -0.2) is 0 Å². The maximum absolute atomic E-state index is 13.1. The fourth-order valence-electron chi connectivity index (χ4n) is 1.78. The fourth-order valence-corrected chi connectivity index (χ4v) is 2.22. The van der Waals surface area contributed by atoms with Gasteiger partial charge in [-0.1, -0.05) is 18.2 Å². The van der Waals surface area contributed by atoms with Crippen LogP contribution >= 0.6 is 11.8 Å². The molecule has 2 aromatic carbocycles. The highest BCUT2D eigenvalue weighted by Crippen LogP contribution is 2.37. The molecular weight excluding hydrogens is 299 g/mol. The molecule has 21 heavy (non-hydrogen) atoms. The first-order valence-electron chi connectivity index (χ1n) is 6.03. The Labute approximate surface area is 124 Å². The molecular formula is C15H12F3NOS. The van der Waals surface area contributed by atoms with E-state index in [1.54, 1.807) is 42.7 Å². The van der Waals surface area contributed by atoms with Crippen molar-refractivity contribution in [3.8, 4) is 0 Å². The zero-order valence-electron chi connectivity index (χ0n) is 11.1. The number of hydrogen-bond acceptors (Lipinski definition) is 2. The summed E-state index contributed by atoms with van der Waals surface area (Å²) in [6.45, 7) is 0. The Balaban J connectivity index is 2.34. The SMILES string of the molecule is CSc1ccc(NC(=O)c2ccccc2)c(C(F)(F)F)c1. The van der Waals surface area contributed by atoms with Crippen LogP contribution in [0.5, 0.6) is 0 Å². The molecule has 0 spiro atoms. The van der Waals surface area contributed by atoms with Crippen LogP contribution in [0.25, 0.3) is 0 Å². The molecule has 0 saturated carbocycles. The van der Waals surface area contributed by atoms with Gasteiger partial charge in [-0.3, -0.25) is 4.79 Å². The first-order chi connectivity index (χ1) is 9.91. The lowest BCUT2D eigenvalue weighted by atomic mass is 10.1. The maximum Gasteiger partial charge on any atom is 0.418 e. The van der Waals surface area contributed by atoms with Crippen molar-refractivity contribution in [2.24, 2.45) is 0 Å². The molecule has 0 aliphatic carbocycles. The van der Waals surface area contributed by atoms with Crippen LogP contribution in [0, 0.1) is 0 Å². The number of amides is 1. The standard InChI is InChI=1S/C15H12F3NOS/c1-21-11-7-8-13(12(9-11)15(16,17)18)19-14(20)10-5-3-2-4-6-10/h2-9H,1H3,(H,19,20). The Bertz CT molecular complexity index is 641. The molecule has 0 aliphatic heterocycles. The Morgan fingerprint density at radius 3 is 2.33 bits per heavy atom. The Morgan fingerprint density at radius 1 is 1.10 bits per heavy atom. The Morgan fingerprint density at radius 2 is 1.76 bits per heavy atom. The maximum atomic E-state index is 13.1. The van der Waals surface area contributed by atoms with Crippen molar-refractivity contribution < 1.29 is 18.0 Å².